The SMILES string of the molecule is CCOc1ccc(NC(=O)[C@H](C)[NH+](C)Cc2ccccc2)cc1. The molecule has 0 heterocycles. The number of hydrogen-bond donors (Lipinski definition) is 2. The van der Waals surface area contributed by atoms with Crippen LogP contribution in [0.25, 0.3) is 0 Å². The number of likely N-dealkylation sites (N-methyl/N-ethyl adjacent to an activating group) is 1. The van der Waals surface area contributed by atoms with E-state index in [9.17, 15) is 4.79 Å². The molecule has 1 amide bonds. The summed E-state index contributed by atoms with van der Waals surface area (Å²) < 4.78 is 5.40. The molecule has 0 spiro atoms. The molecule has 2 aromatic rings. The molecule has 0 fully saturated rings. The van der Waals surface area contributed by atoms with Crippen LogP contribution in [0.2, 0.25) is 0 Å². The van der Waals surface area contributed by atoms with Crippen molar-refractivity contribution in [3.63, 3.8) is 0 Å². The molecular weight excluding hydrogens is 288 g/mol. The first-order chi connectivity index (χ1) is 11.1. The van der Waals surface area contributed by atoms with Crippen LogP contribution >= 0.6 is 0 Å². The van der Waals surface area contributed by atoms with Gasteiger partial charge in [-0.15, -0.1) is 0 Å². The Morgan fingerprint density at radius 3 is 2.39 bits per heavy atom. The van der Waals surface area contributed by atoms with Crippen molar-refractivity contribution in [2.24, 2.45) is 0 Å². The maximum absolute atomic E-state index is 12.4. The van der Waals surface area contributed by atoms with Gasteiger partial charge in [-0.25, -0.2) is 0 Å². The number of benzene rings is 2. The molecule has 4 nitrogen and oxygen atoms in total. The van der Waals surface area contributed by atoms with Crippen molar-refractivity contribution in [1.29, 1.82) is 0 Å². The molecule has 2 N–H and O–H groups in total. The predicted molar refractivity (Wildman–Crippen MR) is 92.7 cm³/mol. The first-order valence-corrected chi connectivity index (χ1v) is 8.00. The van der Waals surface area contributed by atoms with E-state index in [0.29, 0.717) is 6.61 Å². The molecule has 0 saturated carbocycles. The zero-order valence-corrected chi connectivity index (χ0v) is 14.0. The summed E-state index contributed by atoms with van der Waals surface area (Å²) in [5, 5.41) is 2.96. The molecule has 0 radical (unpaired) electrons. The highest BCUT2D eigenvalue weighted by Gasteiger charge is 2.21. The molecule has 1 unspecified atom stereocenters. The van der Waals surface area contributed by atoms with Crippen LogP contribution in [-0.4, -0.2) is 25.6 Å². The highest BCUT2D eigenvalue weighted by Crippen LogP contribution is 2.15. The molecule has 2 rings (SSSR count). The van der Waals surface area contributed by atoms with Gasteiger partial charge in [0.05, 0.1) is 13.7 Å². The van der Waals surface area contributed by atoms with Crippen LogP contribution in [-0.2, 0) is 11.3 Å². The fourth-order valence-corrected chi connectivity index (χ4v) is 2.35. The van der Waals surface area contributed by atoms with Crippen LogP contribution in [0.5, 0.6) is 5.75 Å². The lowest BCUT2D eigenvalue weighted by Crippen LogP contribution is -3.12. The number of anilines is 1. The molecule has 0 bridgehead atoms. The number of carbonyl (C=O) groups excluding carboxylic acids is 1. The summed E-state index contributed by atoms with van der Waals surface area (Å²) >= 11 is 0. The van der Waals surface area contributed by atoms with Crippen molar-refractivity contribution in [2.45, 2.75) is 26.4 Å². The second-order valence-corrected chi connectivity index (χ2v) is 5.68. The second-order valence-electron chi connectivity index (χ2n) is 5.68. The average molecular weight is 313 g/mol. The monoisotopic (exact) mass is 313 g/mol. The van der Waals surface area contributed by atoms with Gasteiger partial charge in [0.2, 0.25) is 0 Å². The summed E-state index contributed by atoms with van der Waals surface area (Å²) in [7, 11) is 2.04. The Hall–Kier alpha value is -2.33. The van der Waals surface area contributed by atoms with E-state index in [1.807, 2.05) is 63.4 Å². The number of ether oxygens (including phenoxy) is 1. The standard InChI is InChI=1S/C19H24N2O2/c1-4-23-18-12-10-17(11-13-18)20-19(22)15(2)21(3)14-16-8-6-5-7-9-16/h5-13,15H,4,14H2,1-3H3,(H,20,22)/p+1/t15-/m0/s1. The van der Waals surface area contributed by atoms with Gasteiger partial charge in [-0.3, -0.25) is 4.79 Å². The van der Waals surface area contributed by atoms with Gasteiger partial charge in [0, 0.05) is 11.3 Å². The first-order valence-electron chi connectivity index (χ1n) is 8.00. The van der Waals surface area contributed by atoms with Crippen LogP contribution in [0.15, 0.2) is 54.6 Å². The zero-order valence-electron chi connectivity index (χ0n) is 14.0. The van der Waals surface area contributed by atoms with Gasteiger partial charge in [-0.1, -0.05) is 30.3 Å². The van der Waals surface area contributed by atoms with Crippen molar-refractivity contribution >= 4 is 11.6 Å². The largest absolute Gasteiger partial charge is 0.494 e. The second kappa shape index (κ2) is 8.34. The van der Waals surface area contributed by atoms with Crippen molar-refractivity contribution in [3.05, 3.63) is 60.2 Å². The van der Waals surface area contributed by atoms with Gasteiger partial charge in [-0.05, 0) is 38.1 Å². The van der Waals surface area contributed by atoms with Crippen LogP contribution in [0, 0.1) is 0 Å². The van der Waals surface area contributed by atoms with E-state index in [-0.39, 0.29) is 11.9 Å². The van der Waals surface area contributed by atoms with Crippen molar-refractivity contribution in [2.75, 3.05) is 19.0 Å². The number of nitrogens with one attached hydrogen (secondary N) is 2. The summed E-state index contributed by atoms with van der Waals surface area (Å²) in [6.07, 6.45) is 0. The molecule has 122 valence electrons. The van der Waals surface area contributed by atoms with E-state index in [2.05, 4.69) is 17.4 Å². The van der Waals surface area contributed by atoms with E-state index in [1.165, 1.54) is 5.56 Å². The topological polar surface area (TPSA) is 42.8 Å². The number of carbonyl (C=O) groups is 1. The number of amides is 1. The van der Waals surface area contributed by atoms with Gasteiger partial charge in [0.15, 0.2) is 6.04 Å². The lowest BCUT2D eigenvalue weighted by Gasteiger charge is -2.21. The average Bonchev–Trinajstić information content (AvgIpc) is 2.57. The zero-order chi connectivity index (χ0) is 16.7. The number of rotatable bonds is 7. The Kier molecular flexibility index (Phi) is 6.18. The lowest BCUT2D eigenvalue weighted by molar-refractivity contribution is -0.907. The minimum absolute atomic E-state index is 0.0163. The molecule has 0 saturated heterocycles. The molecule has 0 aliphatic carbocycles. The van der Waals surface area contributed by atoms with Gasteiger partial charge in [0.25, 0.3) is 5.91 Å². The third-order valence-electron chi connectivity index (χ3n) is 3.89. The van der Waals surface area contributed by atoms with E-state index >= 15 is 0 Å². The van der Waals surface area contributed by atoms with E-state index < -0.39 is 0 Å². The van der Waals surface area contributed by atoms with E-state index in [1.54, 1.807) is 0 Å². The number of hydrogen-bond acceptors (Lipinski definition) is 2. The molecule has 2 atom stereocenters. The van der Waals surface area contributed by atoms with Crippen molar-refractivity contribution < 1.29 is 14.4 Å². The van der Waals surface area contributed by atoms with Gasteiger partial charge < -0.3 is 15.0 Å². The molecule has 2 aromatic carbocycles. The highest BCUT2D eigenvalue weighted by atomic mass is 16.5. The van der Waals surface area contributed by atoms with Crippen molar-refractivity contribution in [3.8, 4) is 5.75 Å². The normalized spacial score (nSPS) is 13.2. The molecule has 0 aliphatic heterocycles. The molecule has 23 heavy (non-hydrogen) atoms. The molecule has 0 aliphatic rings. The minimum Gasteiger partial charge on any atom is -0.494 e. The Bertz CT molecular complexity index is 611. The van der Waals surface area contributed by atoms with Crippen LogP contribution < -0.4 is 15.0 Å². The van der Waals surface area contributed by atoms with Crippen LogP contribution in [0.3, 0.4) is 0 Å². The summed E-state index contributed by atoms with van der Waals surface area (Å²) in [5.74, 6) is 0.827. The quantitative estimate of drug-likeness (QED) is 0.822. The molecular formula is C19H25N2O2+. The summed E-state index contributed by atoms with van der Waals surface area (Å²) in [5.41, 5.74) is 2.02. The van der Waals surface area contributed by atoms with Gasteiger partial charge in [-0.2, -0.15) is 0 Å². The maximum atomic E-state index is 12.4. The molecule has 0 aromatic heterocycles. The molecule has 4 heteroatoms. The fraction of sp³-hybridized carbons (Fsp3) is 0.316. The fourth-order valence-electron chi connectivity index (χ4n) is 2.35. The Morgan fingerprint density at radius 2 is 1.78 bits per heavy atom. The Balaban J connectivity index is 1.91. The van der Waals surface area contributed by atoms with Crippen LogP contribution in [0.1, 0.15) is 19.4 Å². The third-order valence-corrected chi connectivity index (χ3v) is 3.89. The van der Waals surface area contributed by atoms with Crippen LogP contribution in [0.4, 0.5) is 5.69 Å². The van der Waals surface area contributed by atoms with Gasteiger partial charge >= 0.3 is 0 Å². The minimum atomic E-state index is -0.137. The summed E-state index contributed by atoms with van der Waals surface area (Å²) in [6, 6.07) is 17.5. The van der Waals surface area contributed by atoms with E-state index in [0.717, 1.165) is 22.9 Å². The lowest BCUT2D eigenvalue weighted by atomic mass is 10.2. The third kappa shape index (κ3) is 5.11. The smallest absolute Gasteiger partial charge is 0.282 e. The maximum Gasteiger partial charge on any atom is 0.282 e. The predicted octanol–water partition coefficient (Wildman–Crippen LogP) is 2.13. The summed E-state index contributed by atoms with van der Waals surface area (Å²) in [4.78, 5) is 13.5. The van der Waals surface area contributed by atoms with Crippen molar-refractivity contribution in [1.82, 2.24) is 0 Å². The Morgan fingerprint density at radius 1 is 1.13 bits per heavy atom. The first kappa shape index (κ1) is 17.0. The number of quaternary nitrogens is 1. The highest BCUT2D eigenvalue weighted by molar-refractivity contribution is 5.93. The Labute approximate surface area is 138 Å². The van der Waals surface area contributed by atoms with E-state index in [4.69, 9.17) is 4.74 Å². The van der Waals surface area contributed by atoms with Gasteiger partial charge in [0.1, 0.15) is 12.3 Å². The summed E-state index contributed by atoms with van der Waals surface area (Å²) in [6.45, 7) is 5.35.